The Morgan fingerprint density at radius 1 is 1.11 bits per heavy atom. The van der Waals surface area contributed by atoms with Crippen LogP contribution in [0.1, 0.15) is 27.2 Å². The van der Waals surface area contributed by atoms with Crippen molar-refractivity contribution in [3.63, 3.8) is 0 Å². The Balaban J connectivity index is 1.63. The van der Waals surface area contributed by atoms with Gasteiger partial charge in [-0.15, -0.1) is 0 Å². The number of hydrogen-bond acceptors (Lipinski definition) is 4. The minimum absolute atomic E-state index is 0.256. The number of nitrogens with zero attached hydrogens (tertiary/aromatic N) is 2. The summed E-state index contributed by atoms with van der Waals surface area (Å²) in [5.41, 5.74) is 3.89. The molecule has 0 saturated carbocycles. The molecule has 0 spiro atoms. The molecule has 5 nitrogen and oxygen atoms in total. The van der Waals surface area contributed by atoms with E-state index in [4.69, 9.17) is 0 Å². The second-order valence-corrected chi connectivity index (χ2v) is 6.31. The molecule has 0 aliphatic heterocycles. The molecule has 1 amide bonds. The zero-order chi connectivity index (χ0) is 19.2. The van der Waals surface area contributed by atoms with Crippen molar-refractivity contribution in [3.8, 4) is 0 Å². The average Bonchev–Trinajstić information content (AvgIpc) is 2.66. The number of halogens is 1. The van der Waals surface area contributed by atoms with Crippen LogP contribution in [0.3, 0.4) is 0 Å². The third-order valence-electron chi connectivity index (χ3n) is 4.17. The predicted molar refractivity (Wildman–Crippen MR) is 104 cm³/mol. The van der Waals surface area contributed by atoms with Crippen molar-refractivity contribution in [2.24, 2.45) is 0 Å². The quantitative estimate of drug-likeness (QED) is 0.695. The van der Waals surface area contributed by atoms with Gasteiger partial charge in [-0.1, -0.05) is 30.3 Å². The highest BCUT2D eigenvalue weighted by atomic mass is 19.1. The number of aryl methyl sites for hydroxylation is 2. The second kappa shape index (κ2) is 8.40. The molecule has 0 atom stereocenters. The number of hydrogen-bond donors (Lipinski definition) is 2. The highest BCUT2D eigenvalue weighted by Crippen LogP contribution is 2.19. The average molecular weight is 364 g/mol. The molecule has 0 saturated heterocycles. The highest BCUT2D eigenvalue weighted by Gasteiger charge is 2.10. The summed E-state index contributed by atoms with van der Waals surface area (Å²) in [4.78, 5) is 20.8. The summed E-state index contributed by atoms with van der Waals surface area (Å²) < 4.78 is 13.6. The fourth-order valence-corrected chi connectivity index (χ4v) is 2.64. The first-order valence-electron chi connectivity index (χ1n) is 8.72. The Morgan fingerprint density at radius 2 is 1.93 bits per heavy atom. The van der Waals surface area contributed by atoms with Gasteiger partial charge >= 0.3 is 0 Å². The van der Waals surface area contributed by atoms with Crippen LogP contribution in [0.5, 0.6) is 0 Å². The van der Waals surface area contributed by atoms with Gasteiger partial charge in [0, 0.05) is 18.4 Å². The van der Waals surface area contributed by atoms with E-state index in [-0.39, 0.29) is 17.4 Å². The normalized spacial score (nSPS) is 10.5. The number of carbonyl (C=O) groups is 1. The number of aromatic nitrogens is 2. The molecule has 0 aliphatic rings. The zero-order valence-corrected chi connectivity index (χ0v) is 15.3. The van der Waals surface area contributed by atoms with Gasteiger partial charge in [-0.2, -0.15) is 0 Å². The SMILES string of the molecule is Cc1ccc(C)c(Nc2nccc(C(=O)NCCc3ccccc3F)n2)c1. The maximum atomic E-state index is 13.6. The number of rotatable bonds is 6. The van der Waals surface area contributed by atoms with E-state index in [1.54, 1.807) is 24.3 Å². The lowest BCUT2D eigenvalue weighted by atomic mass is 10.1. The first-order valence-corrected chi connectivity index (χ1v) is 8.72. The van der Waals surface area contributed by atoms with E-state index in [9.17, 15) is 9.18 Å². The van der Waals surface area contributed by atoms with Gasteiger partial charge in [0.1, 0.15) is 11.5 Å². The lowest BCUT2D eigenvalue weighted by Gasteiger charge is -2.10. The van der Waals surface area contributed by atoms with Crippen LogP contribution in [-0.4, -0.2) is 22.4 Å². The van der Waals surface area contributed by atoms with Crippen LogP contribution < -0.4 is 10.6 Å². The van der Waals surface area contributed by atoms with Gasteiger partial charge in [0.25, 0.3) is 5.91 Å². The minimum atomic E-state index is -0.322. The van der Waals surface area contributed by atoms with Crippen molar-refractivity contribution in [2.45, 2.75) is 20.3 Å². The topological polar surface area (TPSA) is 66.9 Å². The lowest BCUT2D eigenvalue weighted by molar-refractivity contribution is 0.0949. The van der Waals surface area contributed by atoms with E-state index < -0.39 is 0 Å². The molecule has 0 aliphatic carbocycles. The Hall–Kier alpha value is -3.28. The van der Waals surface area contributed by atoms with E-state index in [2.05, 4.69) is 20.6 Å². The van der Waals surface area contributed by atoms with E-state index in [0.29, 0.717) is 24.5 Å². The Labute approximate surface area is 157 Å². The Kier molecular flexibility index (Phi) is 5.76. The number of benzene rings is 2. The number of nitrogens with one attached hydrogen (secondary N) is 2. The molecule has 2 aromatic carbocycles. The summed E-state index contributed by atoms with van der Waals surface area (Å²) in [5.74, 6) is -0.239. The number of amides is 1. The number of anilines is 2. The lowest BCUT2D eigenvalue weighted by Crippen LogP contribution is -2.27. The molecule has 1 aromatic heterocycles. The van der Waals surface area contributed by atoms with Gasteiger partial charge in [-0.25, -0.2) is 14.4 Å². The van der Waals surface area contributed by atoms with Crippen LogP contribution in [-0.2, 0) is 6.42 Å². The van der Waals surface area contributed by atoms with Crippen LogP contribution in [0.25, 0.3) is 0 Å². The summed E-state index contributed by atoms with van der Waals surface area (Å²) in [6.45, 7) is 4.31. The molecule has 3 aromatic rings. The molecule has 0 unspecified atom stereocenters. The molecule has 1 heterocycles. The predicted octanol–water partition coefficient (Wildman–Crippen LogP) is 3.95. The third kappa shape index (κ3) is 4.88. The zero-order valence-electron chi connectivity index (χ0n) is 15.3. The molecule has 2 N–H and O–H groups in total. The summed E-state index contributed by atoms with van der Waals surface area (Å²) >= 11 is 0. The first kappa shape index (κ1) is 18.5. The van der Waals surface area contributed by atoms with Gasteiger partial charge in [-0.05, 0) is 55.2 Å². The van der Waals surface area contributed by atoms with Gasteiger partial charge in [0.05, 0.1) is 0 Å². The minimum Gasteiger partial charge on any atom is -0.350 e. The van der Waals surface area contributed by atoms with Crippen LogP contribution in [0, 0.1) is 19.7 Å². The molecule has 138 valence electrons. The number of carbonyl (C=O) groups excluding carboxylic acids is 1. The summed E-state index contributed by atoms with van der Waals surface area (Å²) in [6, 6.07) is 14.1. The van der Waals surface area contributed by atoms with E-state index >= 15 is 0 Å². The van der Waals surface area contributed by atoms with Crippen LogP contribution in [0.2, 0.25) is 0 Å². The smallest absolute Gasteiger partial charge is 0.270 e. The fourth-order valence-electron chi connectivity index (χ4n) is 2.64. The van der Waals surface area contributed by atoms with Crippen molar-refractivity contribution >= 4 is 17.5 Å². The third-order valence-corrected chi connectivity index (χ3v) is 4.17. The maximum Gasteiger partial charge on any atom is 0.270 e. The van der Waals surface area contributed by atoms with Crippen LogP contribution >= 0.6 is 0 Å². The van der Waals surface area contributed by atoms with Crippen LogP contribution in [0.4, 0.5) is 16.0 Å². The fraction of sp³-hybridized carbons (Fsp3) is 0.190. The molecule has 0 bridgehead atoms. The Morgan fingerprint density at radius 3 is 2.74 bits per heavy atom. The molecular weight excluding hydrogens is 343 g/mol. The molecule has 27 heavy (non-hydrogen) atoms. The van der Waals surface area contributed by atoms with Crippen molar-refractivity contribution in [3.05, 3.63) is 82.9 Å². The first-order chi connectivity index (χ1) is 13.0. The Bertz CT molecular complexity index is 958. The highest BCUT2D eigenvalue weighted by molar-refractivity contribution is 5.92. The van der Waals surface area contributed by atoms with Gasteiger partial charge in [0.15, 0.2) is 0 Å². The van der Waals surface area contributed by atoms with Crippen LogP contribution in [0.15, 0.2) is 54.7 Å². The maximum absolute atomic E-state index is 13.6. The van der Waals surface area contributed by atoms with Gasteiger partial charge in [0.2, 0.25) is 5.95 Å². The van der Waals surface area contributed by atoms with E-state index in [1.165, 1.54) is 12.3 Å². The largest absolute Gasteiger partial charge is 0.350 e. The van der Waals surface area contributed by atoms with E-state index in [0.717, 1.165) is 16.8 Å². The second-order valence-electron chi connectivity index (χ2n) is 6.31. The van der Waals surface area contributed by atoms with Gasteiger partial charge in [-0.3, -0.25) is 4.79 Å². The molecular formula is C21H21FN4O. The van der Waals surface area contributed by atoms with Crippen molar-refractivity contribution < 1.29 is 9.18 Å². The standard InChI is InChI=1S/C21H21FN4O/c1-14-7-8-15(2)19(13-14)26-21-24-12-10-18(25-21)20(27)23-11-9-16-5-3-4-6-17(16)22/h3-8,10,12-13H,9,11H2,1-2H3,(H,23,27)(H,24,25,26). The molecule has 3 rings (SSSR count). The molecule has 0 radical (unpaired) electrons. The summed E-state index contributed by atoms with van der Waals surface area (Å²) in [5, 5.41) is 5.91. The van der Waals surface area contributed by atoms with E-state index in [1.807, 2.05) is 32.0 Å². The van der Waals surface area contributed by atoms with Crippen molar-refractivity contribution in [1.29, 1.82) is 0 Å². The molecule has 0 fully saturated rings. The van der Waals surface area contributed by atoms with Gasteiger partial charge < -0.3 is 10.6 Å². The molecule has 6 heteroatoms. The monoisotopic (exact) mass is 364 g/mol. The van der Waals surface area contributed by atoms with Crippen molar-refractivity contribution in [2.75, 3.05) is 11.9 Å². The van der Waals surface area contributed by atoms with Crippen molar-refractivity contribution in [1.82, 2.24) is 15.3 Å². The summed E-state index contributed by atoms with van der Waals surface area (Å²) in [7, 11) is 0. The summed E-state index contributed by atoms with van der Waals surface area (Å²) in [6.07, 6.45) is 1.95.